The maximum absolute atomic E-state index is 10.6. The minimum atomic E-state index is -0.186. The molecule has 66 valence electrons. The van der Waals surface area contributed by atoms with Crippen molar-refractivity contribution in [3.8, 4) is 0 Å². The molecular formula is C8H17NOS. The number of amides is 1. The maximum Gasteiger partial charge on any atom is 0.221 e. The zero-order valence-electron chi connectivity index (χ0n) is 7.30. The molecule has 0 bridgehead atoms. The van der Waals surface area contributed by atoms with E-state index in [0.717, 1.165) is 11.5 Å². The van der Waals surface area contributed by atoms with Crippen LogP contribution in [0.1, 0.15) is 26.7 Å². The minimum Gasteiger partial charge on any atom is -0.369 e. The highest BCUT2D eigenvalue weighted by Crippen LogP contribution is 2.09. The molecule has 0 aromatic rings. The molecular weight excluding hydrogens is 158 g/mol. The van der Waals surface area contributed by atoms with Gasteiger partial charge in [-0.25, -0.2) is 0 Å². The van der Waals surface area contributed by atoms with Gasteiger partial charge >= 0.3 is 0 Å². The fourth-order valence-corrected chi connectivity index (χ4v) is 1.77. The zero-order valence-corrected chi connectivity index (χ0v) is 8.12. The summed E-state index contributed by atoms with van der Waals surface area (Å²) < 4.78 is 0. The number of primary amides is 1. The molecule has 0 spiro atoms. The van der Waals surface area contributed by atoms with E-state index in [2.05, 4.69) is 6.92 Å². The molecule has 0 heterocycles. The Labute approximate surface area is 72.9 Å². The summed E-state index contributed by atoms with van der Waals surface area (Å²) in [5.41, 5.74) is 5.10. The highest BCUT2D eigenvalue weighted by atomic mass is 32.2. The number of hydrogen-bond acceptors (Lipinski definition) is 2. The van der Waals surface area contributed by atoms with E-state index in [0.29, 0.717) is 0 Å². The molecule has 2 N–H and O–H groups in total. The lowest BCUT2D eigenvalue weighted by Gasteiger charge is -2.05. The molecule has 0 radical (unpaired) electrons. The smallest absolute Gasteiger partial charge is 0.221 e. The minimum absolute atomic E-state index is 0.0249. The molecule has 0 rings (SSSR count). The van der Waals surface area contributed by atoms with E-state index >= 15 is 0 Å². The molecule has 0 saturated carbocycles. The first-order chi connectivity index (χ1) is 5.18. The van der Waals surface area contributed by atoms with Gasteiger partial charge in [0.1, 0.15) is 0 Å². The van der Waals surface area contributed by atoms with Gasteiger partial charge in [-0.15, -0.1) is 0 Å². The summed E-state index contributed by atoms with van der Waals surface area (Å²) in [5.74, 6) is 1.86. The fourth-order valence-electron chi connectivity index (χ4n) is 0.589. The van der Waals surface area contributed by atoms with Crippen LogP contribution in [0.4, 0.5) is 0 Å². The molecule has 1 atom stereocenters. The third kappa shape index (κ3) is 6.23. The van der Waals surface area contributed by atoms with Crippen LogP contribution < -0.4 is 5.73 Å². The van der Waals surface area contributed by atoms with E-state index < -0.39 is 0 Å². The van der Waals surface area contributed by atoms with E-state index in [-0.39, 0.29) is 11.8 Å². The predicted molar refractivity (Wildman–Crippen MR) is 50.6 cm³/mol. The summed E-state index contributed by atoms with van der Waals surface area (Å²) in [6.45, 7) is 4.04. The van der Waals surface area contributed by atoms with E-state index in [1.807, 2.05) is 18.7 Å². The topological polar surface area (TPSA) is 43.1 Å². The van der Waals surface area contributed by atoms with Gasteiger partial charge in [-0.2, -0.15) is 11.8 Å². The van der Waals surface area contributed by atoms with Crippen LogP contribution in [0.2, 0.25) is 0 Å². The number of unbranched alkanes of at least 4 members (excludes halogenated alkanes) is 1. The third-order valence-electron chi connectivity index (χ3n) is 1.50. The Kier molecular flexibility index (Phi) is 6.42. The summed E-state index contributed by atoms with van der Waals surface area (Å²) in [4.78, 5) is 10.6. The molecule has 0 aliphatic heterocycles. The Bertz CT molecular complexity index is 117. The second-order valence-electron chi connectivity index (χ2n) is 2.73. The summed E-state index contributed by atoms with van der Waals surface area (Å²) in [6.07, 6.45) is 2.45. The molecule has 0 saturated heterocycles. The van der Waals surface area contributed by atoms with Crippen molar-refractivity contribution in [2.75, 3.05) is 11.5 Å². The van der Waals surface area contributed by atoms with Crippen LogP contribution in [0.25, 0.3) is 0 Å². The lowest BCUT2D eigenvalue weighted by atomic mass is 10.2. The SMILES string of the molecule is CCCCSCC(C)C(N)=O. The van der Waals surface area contributed by atoms with Gasteiger partial charge in [-0.1, -0.05) is 20.3 Å². The molecule has 2 nitrogen and oxygen atoms in total. The lowest BCUT2D eigenvalue weighted by Crippen LogP contribution is -2.22. The second kappa shape index (κ2) is 6.53. The largest absolute Gasteiger partial charge is 0.369 e. The van der Waals surface area contributed by atoms with Crippen LogP contribution in [0.3, 0.4) is 0 Å². The van der Waals surface area contributed by atoms with Crippen LogP contribution in [0.15, 0.2) is 0 Å². The Hall–Kier alpha value is -0.180. The Morgan fingerprint density at radius 2 is 2.27 bits per heavy atom. The monoisotopic (exact) mass is 175 g/mol. The quantitative estimate of drug-likeness (QED) is 0.624. The Balaban J connectivity index is 3.17. The predicted octanol–water partition coefficient (Wildman–Crippen LogP) is 1.64. The second-order valence-corrected chi connectivity index (χ2v) is 3.88. The van der Waals surface area contributed by atoms with E-state index in [9.17, 15) is 4.79 Å². The number of rotatable bonds is 6. The molecule has 3 heteroatoms. The van der Waals surface area contributed by atoms with E-state index in [1.165, 1.54) is 12.8 Å². The molecule has 0 aromatic heterocycles. The van der Waals surface area contributed by atoms with Gasteiger partial charge in [0.25, 0.3) is 0 Å². The van der Waals surface area contributed by atoms with Crippen molar-refractivity contribution < 1.29 is 4.79 Å². The molecule has 11 heavy (non-hydrogen) atoms. The van der Waals surface area contributed by atoms with Gasteiger partial charge < -0.3 is 5.73 Å². The Morgan fingerprint density at radius 1 is 1.64 bits per heavy atom. The normalized spacial score (nSPS) is 12.9. The van der Waals surface area contributed by atoms with Crippen molar-refractivity contribution in [1.29, 1.82) is 0 Å². The van der Waals surface area contributed by atoms with Crippen molar-refractivity contribution in [2.45, 2.75) is 26.7 Å². The van der Waals surface area contributed by atoms with Crippen LogP contribution in [-0.2, 0) is 4.79 Å². The Morgan fingerprint density at radius 3 is 2.73 bits per heavy atom. The average molecular weight is 175 g/mol. The first kappa shape index (κ1) is 10.8. The number of hydrogen-bond donors (Lipinski definition) is 1. The van der Waals surface area contributed by atoms with E-state index in [4.69, 9.17) is 5.73 Å². The number of carbonyl (C=O) groups is 1. The zero-order chi connectivity index (χ0) is 8.69. The summed E-state index contributed by atoms with van der Waals surface area (Å²) in [6, 6.07) is 0. The van der Waals surface area contributed by atoms with Crippen LogP contribution in [0, 0.1) is 5.92 Å². The lowest BCUT2D eigenvalue weighted by molar-refractivity contribution is -0.120. The van der Waals surface area contributed by atoms with Crippen molar-refractivity contribution in [1.82, 2.24) is 0 Å². The third-order valence-corrected chi connectivity index (χ3v) is 2.81. The van der Waals surface area contributed by atoms with Crippen LogP contribution >= 0.6 is 11.8 Å². The van der Waals surface area contributed by atoms with Gasteiger partial charge in [0.15, 0.2) is 0 Å². The van der Waals surface area contributed by atoms with Gasteiger partial charge in [0, 0.05) is 11.7 Å². The standard InChI is InChI=1S/C8H17NOS/c1-3-4-5-11-6-7(2)8(9)10/h7H,3-6H2,1-2H3,(H2,9,10). The number of carbonyl (C=O) groups excluding carboxylic acids is 1. The molecule has 0 fully saturated rings. The van der Waals surface area contributed by atoms with Crippen molar-refractivity contribution in [2.24, 2.45) is 11.7 Å². The first-order valence-corrected chi connectivity index (χ1v) is 5.21. The van der Waals surface area contributed by atoms with Gasteiger partial charge in [-0.05, 0) is 12.2 Å². The van der Waals surface area contributed by atoms with Gasteiger partial charge in [0.05, 0.1) is 0 Å². The van der Waals surface area contributed by atoms with Crippen LogP contribution in [0.5, 0.6) is 0 Å². The van der Waals surface area contributed by atoms with Crippen LogP contribution in [-0.4, -0.2) is 17.4 Å². The van der Waals surface area contributed by atoms with Crippen molar-refractivity contribution in [3.05, 3.63) is 0 Å². The molecule has 0 aliphatic rings. The number of thioether (sulfide) groups is 1. The summed E-state index contributed by atoms with van der Waals surface area (Å²) in [7, 11) is 0. The highest BCUT2D eigenvalue weighted by molar-refractivity contribution is 7.99. The fraction of sp³-hybridized carbons (Fsp3) is 0.875. The maximum atomic E-state index is 10.6. The van der Waals surface area contributed by atoms with Crippen molar-refractivity contribution >= 4 is 17.7 Å². The molecule has 1 unspecified atom stereocenters. The van der Waals surface area contributed by atoms with Crippen molar-refractivity contribution in [3.63, 3.8) is 0 Å². The van der Waals surface area contributed by atoms with E-state index in [1.54, 1.807) is 0 Å². The molecule has 0 aromatic carbocycles. The number of nitrogens with two attached hydrogens (primary N) is 1. The summed E-state index contributed by atoms with van der Waals surface area (Å²) in [5, 5.41) is 0. The average Bonchev–Trinajstić information content (AvgIpc) is 1.97. The van der Waals surface area contributed by atoms with Gasteiger partial charge in [0.2, 0.25) is 5.91 Å². The summed E-state index contributed by atoms with van der Waals surface area (Å²) >= 11 is 1.81. The molecule has 0 aliphatic carbocycles. The van der Waals surface area contributed by atoms with Gasteiger partial charge in [-0.3, -0.25) is 4.79 Å². The first-order valence-electron chi connectivity index (χ1n) is 4.05. The highest BCUT2D eigenvalue weighted by Gasteiger charge is 2.06. The molecule has 1 amide bonds.